The third kappa shape index (κ3) is 3.71. The minimum Gasteiger partial charge on any atom is -0.369 e. The summed E-state index contributed by atoms with van der Waals surface area (Å²) in [7, 11) is 0. The molecule has 0 bridgehead atoms. The fourth-order valence-corrected chi connectivity index (χ4v) is 4.90. The number of anilines is 1. The summed E-state index contributed by atoms with van der Waals surface area (Å²) in [6, 6.07) is 6.23. The van der Waals surface area contributed by atoms with Gasteiger partial charge >= 0.3 is 0 Å². The van der Waals surface area contributed by atoms with Crippen LogP contribution in [0.4, 0.5) is 5.82 Å². The molecule has 1 atom stereocenters. The summed E-state index contributed by atoms with van der Waals surface area (Å²) in [5, 5.41) is 4.37. The normalized spacial score (nSPS) is 17.1. The number of aryl methyl sites for hydroxylation is 1. The average Bonchev–Trinajstić information content (AvgIpc) is 3.06. The first kappa shape index (κ1) is 18.8. The van der Waals surface area contributed by atoms with Gasteiger partial charge in [0.25, 0.3) is 5.91 Å². The van der Waals surface area contributed by atoms with E-state index in [1.807, 2.05) is 30.0 Å². The summed E-state index contributed by atoms with van der Waals surface area (Å²) < 4.78 is 0. The van der Waals surface area contributed by atoms with Crippen LogP contribution in [0.5, 0.6) is 0 Å². The van der Waals surface area contributed by atoms with Crippen LogP contribution in [-0.2, 0) is 6.42 Å². The topological polar surface area (TPSA) is 71.0 Å². The van der Waals surface area contributed by atoms with Gasteiger partial charge in [0.2, 0.25) is 0 Å². The summed E-state index contributed by atoms with van der Waals surface area (Å²) in [4.78, 5) is 30.1. The summed E-state index contributed by atoms with van der Waals surface area (Å²) in [6.07, 6.45) is 7.55. The van der Waals surface area contributed by atoms with Gasteiger partial charge in [0, 0.05) is 37.4 Å². The Bertz CT molecular complexity index is 972. The summed E-state index contributed by atoms with van der Waals surface area (Å²) in [5.41, 5.74) is 2.01. The molecule has 7 heteroatoms. The number of thiophene rings is 1. The van der Waals surface area contributed by atoms with Crippen molar-refractivity contribution in [1.82, 2.24) is 19.9 Å². The Morgan fingerprint density at radius 3 is 2.96 bits per heavy atom. The predicted octanol–water partition coefficient (Wildman–Crippen LogP) is 4.06. The van der Waals surface area contributed by atoms with Gasteiger partial charge in [-0.1, -0.05) is 6.07 Å². The molecule has 4 rings (SSSR count). The minimum atomic E-state index is 0.132. The van der Waals surface area contributed by atoms with Crippen molar-refractivity contribution in [3.63, 3.8) is 0 Å². The van der Waals surface area contributed by atoms with Gasteiger partial charge in [-0.3, -0.25) is 9.78 Å². The Balaban J connectivity index is 1.57. The van der Waals surface area contributed by atoms with Crippen molar-refractivity contribution < 1.29 is 4.79 Å². The van der Waals surface area contributed by atoms with Gasteiger partial charge in [-0.15, -0.1) is 11.3 Å². The van der Waals surface area contributed by atoms with Crippen molar-refractivity contribution in [3.8, 4) is 0 Å². The summed E-state index contributed by atoms with van der Waals surface area (Å²) in [5.74, 6) is 0.924. The lowest BCUT2D eigenvalue weighted by Crippen LogP contribution is -2.41. The maximum Gasteiger partial charge on any atom is 0.264 e. The molecule has 0 aliphatic carbocycles. The number of nitrogens with one attached hydrogen (secondary N) is 1. The lowest BCUT2D eigenvalue weighted by molar-refractivity contribution is 0.0640. The second-order valence-corrected chi connectivity index (χ2v) is 8.30. The highest BCUT2D eigenvalue weighted by Crippen LogP contribution is 2.35. The molecule has 3 aromatic rings. The molecule has 1 aliphatic rings. The molecule has 0 radical (unpaired) electrons. The number of amides is 1. The van der Waals surface area contributed by atoms with E-state index in [1.165, 1.54) is 17.8 Å². The number of nitrogens with zero attached hydrogens (tertiary/aromatic N) is 4. The molecular weight excluding hydrogens is 370 g/mol. The van der Waals surface area contributed by atoms with Gasteiger partial charge < -0.3 is 10.2 Å². The van der Waals surface area contributed by atoms with Crippen molar-refractivity contribution in [1.29, 1.82) is 0 Å². The first-order chi connectivity index (χ1) is 13.6. The zero-order valence-corrected chi connectivity index (χ0v) is 17.1. The van der Waals surface area contributed by atoms with E-state index < -0.39 is 0 Å². The summed E-state index contributed by atoms with van der Waals surface area (Å²) in [6.45, 7) is 5.72. The second-order valence-electron chi connectivity index (χ2n) is 7.30. The molecule has 0 aromatic carbocycles. The van der Waals surface area contributed by atoms with Gasteiger partial charge in [0.15, 0.2) is 0 Å². The molecule has 1 saturated heterocycles. The molecule has 1 amide bonds. The second kappa shape index (κ2) is 8.22. The first-order valence-corrected chi connectivity index (χ1v) is 10.7. The Morgan fingerprint density at radius 2 is 2.18 bits per heavy atom. The van der Waals surface area contributed by atoms with E-state index >= 15 is 0 Å². The standard InChI is InChI=1S/C21H25N5OS/c1-14-7-4-6-12-26(14)21(27)18-15(2)17-19(24-13-25-20(17)28-18)23-11-9-16-8-3-5-10-22-16/h3,5,8,10,13-14H,4,6-7,9,11-12H2,1-2H3,(H,23,24,25). The molecule has 1 N–H and O–H groups in total. The maximum absolute atomic E-state index is 13.2. The van der Waals surface area contributed by atoms with Crippen LogP contribution < -0.4 is 5.32 Å². The van der Waals surface area contributed by atoms with Crippen molar-refractivity contribution in [2.75, 3.05) is 18.4 Å². The number of aromatic nitrogens is 3. The third-order valence-corrected chi connectivity index (χ3v) is 6.57. The number of hydrogen-bond acceptors (Lipinski definition) is 6. The molecule has 28 heavy (non-hydrogen) atoms. The maximum atomic E-state index is 13.2. The quantitative estimate of drug-likeness (QED) is 0.705. The molecule has 1 aliphatic heterocycles. The first-order valence-electron chi connectivity index (χ1n) is 9.84. The summed E-state index contributed by atoms with van der Waals surface area (Å²) >= 11 is 1.48. The van der Waals surface area contributed by atoms with E-state index in [9.17, 15) is 4.79 Å². The van der Waals surface area contributed by atoms with E-state index in [0.717, 1.165) is 64.5 Å². The van der Waals surface area contributed by atoms with Crippen LogP contribution >= 0.6 is 11.3 Å². The van der Waals surface area contributed by atoms with Crippen LogP contribution in [0.25, 0.3) is 10.2 Å². The number of carbonyl (C=O) groups is 1. The molecule has 1 fully saturated rings. The van der Waals surface area contributed by atoms with Gasteiger partial charge in [-0.2, -0.15) is 0 Å². The molecular formula is C21H25N5OS. The van der Waals surface area contributed by atoms with Crippen LogP contribution in [0.3, 0.4) is 0 Å². The van der Waals surface area contributed by atoms with Crippen molar-refractivity contribution >= 4 is 33.3 Å². The van der Waals surface area contributed by atoms with Crippen molar-refractivity contribution in [3.05, 3.63) is 46.9 Å². The van der Waals surface area contributed by atoms with Gasteiger partial charge in [-0.25, -0.2) is 9.97 Å². The van der Waals surface area contributed by atoms with E-state index in [-0.39, 0.29) is 5.91 Å². The molecule has 3 aromatic heterocycles. The number of piperidine rings is 1. The molecule has 146 valence electrons. The van der Waals surface area contributed by atoms with Gasteiger partial charge in [0.1, 0.15) is 17.0 Å². The van der Waals surface area contributed by atoms with Crippen molar-refractivity contribution in [2.24, 2.45) is 0 Å². The number of hydrogen-bond donors (Lipinski definition) is 1. The Kier molecular flexibility index (Phi) is 5.52. The van der Waals surface area contributed by atoms with Crippen LogP contribution in [-0.4, -0.2) is 44.9 Å². The van der Waals surface area contributed by atoms with Crippen LogP contribution in [0.1, 0.15) is 47.1 Å². The highest BCUT2D eigenvalue weighted by atomic mass is 32.1. The lowest BCUT2D eigenvalue weighted by atomic mass is 10.0. The van der Waals surface area contributed by atoms with Crippen molar-refractivity contribution in [2.45, 2.75) is 45.6 Å². The average molecular weight is 396 g/mol. The number of fused-ring (bicyclic) bond motifs is 1. The monoisotopic (exact) mass is 395 g/mol. The van der Waals surface area contributed by atoms with E-state index in [0.29, 0.717) is 6.04 Å². The van der Waals surface area contributed by atoms with Crippen LogP contribution in [0, 0.1) is 6.92 Å². The Labute approximate surface area is 169 Å². The van der Waals surface area contributed by atoms with E-state index in [1.54, 1.807) is 12.5 Å². The van der Waals surface area contributed by atoms with E-state index in [2.05, 4.69) is 27.2 Å². The van der Waals surface area contributed by atoms with E-state index in [4.69, 9.17) is 0 Å². The number of pyridine rings is 1. The smallest absolute Gasteiger partial charge is 0.264 e. The van der Waals surface area contributed by atoms with Crippen LogP contribution in [0.15, 0.2) is 30.7 Å². The highest BCUT2D eigenvalue weighted by molar-refractivity contribution is 7.20. The molecule has 1 unspecified atom stereocenters. The van der Waals surface area contributed by atoms with Crippen LogP contribution in [0.2, 0.25) is 0 Å². The zero-order valence-electron chi connectivity index (χ0n) is 16.3. The fourth-order valence-electron chi connectivity index (χ4n) is 3.79. The molecule has 0 saturated carbocycles. The fraction of sp³-hybridized carbons (Fsp3) is 0.429. The Hall–Kier alpha value is -2.54. The lowest BCUT2D eigenvalue weighted by Gasteiger charge is -2.33. The minimum absolute atomic E-state index is 0.132. The largest absolute Gasteiger partial charge is 0.369 e. The third-order valence-electron chi connectivity index (χ3n) is 5.38. The zero-order chi connectivity index (χ0) is 19.5. The molecule has 0 spiro atoms. The Morgan fingerprint density at radius 1 is 1.29 bits per heavy atom. The van der Waals surface area contributed by atoms with Gasteiger partial charge in [-0.05, 0) is 50.8 Å². The SMILES string of the molecule is Cc1c(C(=O)N2CCCCC2C)sc2ncnc(NCCc3ccccn3)c12. The molecule has 6 nitrogen and oxygen atoms in total. The van der Waals surface area contributed by atoms with Gasteiger partial charge in [0.05, 0.1) is 10.3 Å². The number of carbonyl (C=O) groups excluding carboxylic acids is 1. The molecule has 4 heterocycles. The number of rotatable bonds is 5. The highest BCUT2D eigenvalue weighted by Gasteiger charge is 2.28. The number of likely N-dealkylation sites (tertiary alicyclic amines) is 1. The predicted molar refractivity (Wildman–Crippen MR) is 113 cm³/mol.